The van der Waals surface area contributed by atoms with E-state index in [4.69, 9.17) is 30.0 Å². The van der Waals surface area contributed by atoms with Crippen molar-refractivity contribution in [2.75, 3.05) is 25.7 Å². The molecule has 0 fully saturated rings. The molecule has 0 atom stereocenters. The van der Waals surface area contributed by atoms with Crippen LogP contribution in [0.5, 0.6) is 11.5 Å². The zero-order valence-electron chi connectivity index (χ0n) is 13.3. The van der Waals surface area contributed by atoms with Gasteiger partial charge in [0.05, 0.1) is 38.8 Å². The number of hydrogen-bond acceptors (Lipinski definition) is 9. The lowest BCUT2D eigenvalue weighted by atomic mass is 10.3. The minimum absolute atomic E-state index is 0.0210. The van der Waals surface area contributed by atoms with Crippen molar-refractivity contribution in [3.8, 4) is 11.5 Å². The van der Waals surface area contributed by atoms with Crippen LogP contribution in [0.1, 0.15) is 11.4 Å². The molecule has 0 aliphatic carbocycles. The Balaban J connectivity index is 1.88. The Hall–Kier alpha value is -2.35. The number of methoxy groups -OCH3 is 2. The van der Waals surface area contributed by atoms with Crippen molar-refractivity contribution < 1.29 is 23.1 Å². The van der Waals surface area contributed by atoms with E-state index in [0.29, 0.717) is 22.9 Å². The molecule has 0 bridgehead atoms. The fourth-order valence-electron chi connectivity index (χ4n) is 1.85. The van der Waals surface area contributed by atoms with Crippen molar-refractivity contribution in [2.45, 2.75) is 13.2 Å². The van der Waals surface area contributed by atoms with Crippen LogP contribution in [0.3, 0.4) is 0 Å². The lowest BCUT2D eigenvalue weighted by Gasteiger charge is -2.08. The highest BCUT2D eigenvalue weighted by Crippen LogP contribution is 2.28. The smallest absolute Gasteiger partial charge is 0.319 e. The number of rotatable bonds is 8. The topological polar surface area (TPSA) is 132 Å². The molecule has 0 amide bonds. The first kappa shape index (κ1) is 18.0. The third-order valence-electron chi connectivity index (χ3n) is 2.89. The highest BCUT2D eigenvalue weighted by molar-refractivity contribution is 7.33. The molecule has 0 aliphatic rings. The van der Waals surface area contributed by atoms with Gasteiger partial charge in [0.2, 0.25) is 0 Å². The first-order valence-electron chi connectivity index (χ1n) is 6.90. The minimum atomic E-state index is -2.74. The third-order valence-corrected chi connectivity index (χ3v) is 3.65. The summed E-state index contributed by atoms with van der Waals surface area (Å²) in [6.45, 7) is -0.0419. The standard InChI is InChI=1S/C14H19N4O5P/c1-20-11-3-9(17-13(15)5-11)7-22-24(19)23-8-10-4-12(21-2)6-14(16)18-10/h3-6,24H,7-8H2,1-2H3,(H2,15,17)(H2,16,18). The second kappa shape index (κ2) is 8.49. The minimum Gasteiger partial charge on any atom is -0.497 e. The summed E-state index contributed by atoms with van der Waals surface area (Å²) in [5.74, 6) is 1.64. The molecule has 0 radical (unpaired) electrons. The van der Waals surface area contributed by atoms with Crippen LogP contribution in [-0.2, 0) is 26.8 Å². The number of aromatic nitrogens is 2. The maximum Gasteiger partial charge on any atom is 0.319 e. The number of nitrogens with two attached hydrogens (primary N) is 2. The molecule has 9 nitrogen and oxygen atoms in total. The summed E-state index contributed by atoms with van der Waals surface area (Å²) in [5, 5.41) is 0. The van der Waals surface area contributed by atoms with Gasteiger partial charge in [-0.05, 0) is 0 Å². The van der Waals surface area contributed by atoms with E-state index in [1.165, 1.54) is 14.2 Å². The second-order valence-corrected chi connectivity index (χ2v) is 5.75. The van der Waals surface area contributed by atoms with Crippen molar-refractivity contribution in [1.29, 1.82) is 0 Å². The SMILES string of the molecule is COc1cc(N)nc(CO[PH](=O)OCc2cc(OC)cc(N)n2)c1. The van der Waals surface area contributed by atoms with E-state index in [0.717, 1.165) is 0 Å². The summed E-state index contributed by atoms with van der Waals surface area (Å²) in [4.78, 5) is 8.11. The van der Waals surface area contributed by atoms with E-state index in [1.54, 1.807) is 24.3 Å². The molecule has 130 valence electrons. The van der Waals surface area contributed by atoms with Gasteiger partial charge in [0.1, 0.15) is 23.1 Å². The molecule has 0 aliphatic heterocycles. The summed E-state index contributed by atoms with van der Waals surface area (Å²) < 4.78 is 32.3. The molecule has 2 rings (SSSR count). The maximum atomic E-state index is 11.8. The molecule has 2 aromatic heterocycles. The van der Waals surface area contributed by atoms with E-state index >= 15 is 0 Å². The Kier molecular flexibility index (Phi) is 6.36. The molecule has 0 aromatic carbocycles. The number of nitrogen functional groups attached to an aromatic ring is 2. The predicted octanol–water partition coefficient (Wildman–Crippen LogP) is 1.78. The normalized spacial score (nSPS) is 10.8. The van der Waals surface area contributed by atoms with Crippen LogP contribution < -0.4 is 20.9 Å². The summed E-state index contributed by atoms with van der Waals surface area (Å²) in [5.41, 5.74) is 12.2. The molecule has 0 saturated carbocycles. The molecule has 2 aromatic rings. The van der Waals surface area contributed by atoms with Gasteiger partial charge in [-0.25, -0.2) is 9.97 Å². The maximum absolute atomic E-state index is 11.8. The van der Waals surface area contributed by atoms with Gasteiger partial charge in [0.25, 0.3) is 0 Å². The third kappa shape index (κ3) is 5.38. The lowest BCUT2D eigenvalue weighted by molar-refractivity contribution is 0.209. The van der Waals surface area contributed by atoms with Crippen molar-refractivity contribution in [2.24, 2.45) is 0 Å². The molecule has 10 heteroatoms. The van der Waals surface area contributed by atoms with Gasteiger partial charge in [-0.15, -0.1) is 0 Å². The quantitative estimate of drug-likeness (QED) is 0.681. The van der Waals surface area contributed by atoms with E-state index in [2.05, 4.69) is 9.97 Å². The van der Waals surface area contributed by atoms with Gasteiger partial charge in [-0.2, -0.15) is 0 Å². The second-order valence-electron chi connectivity index (χ2n) is 4.67. The van der Waals surface area contributed by atoms with Crippen LogP contribution in [0.25, 0.3) is 0 Å². The molecule has 4 N–H and O–H groups in total. The highest BCUT2D eigenvalue weighted by atomic mass is 31.1. The first-order valence-corrected chi connectivity index (χ1v) is 8.13. The van der Waals surface area contributed by atoms with Gasteiger partial charge in [-0.1, -0.05) is 0 Å². The number of nitrogens with zero attached hydrogens (tertiary/aromatic N) is 2. The lowest BCUT2D eigenvalue weighted by Crippen LogP contribution is -2.00. The predicted molar refractivity (Wildman–Crippen MR) is 89.0 cm³/mol. The van der Waals surface area contributed by atoms with Crippen LogP contribution in [0, 0.1) is 0 Å². The van der Waals surface area contributed by atoms with Crippen LogP contribution >= 0.6 is 8.25 Å². The van der Waals surface area contributed by atoms with Gasteiger partial charge in [-0.3, -0.25) is 4.57 Å². The highest BCUT2D eigenvalue weighted by Gasteiger charge is 2.07. The zero-order valence-corrected chi connectivity index (χ0v) is 14.3. The molecule has 0 saturated heterocycles. The molecule has 0 spiro atoms. The van der Waals surface area contributed by atoms with Crippen LogP contribution in [-0.4, -0.2) is 24.2 Å². The van der Waals surface area contributed by atoms with E-state index in [1.807, 2.05) is 0 Å². The molecule has 2 heterocycles. The summed E-state index contributed by atoms with van der Waals surface area (Å²) in [7, 11) is 0.282. The van der Waals surface area contributed by atoms with Crippen LogP contribution in [0.15, 0.2) is 24.3 Å². The molecule has 24 heavy (non-hydrogen) atoms. The fraction of sp³-hybridized carbons (Fsp3) is 0.286. The van der Waals surface area contributed by atoms with Gasteiger partial charge in [0, 0.05) is 24.3 Å². The number of ether oxygens (including phenoxy) is 2. The van der Waals surface area contributed by atoms with Gasteiger partial charge in [0.15, 0.2) is 0 Å². The molecular weight excluding hydrogens is 335 g/mol. The first-order chi connectivity index (χ1) is 11.5. The number of anilines is 2. The fourth-order valence-corrected chi connectivity index (χ4v) is 2.47. The van der Waals surface area contributed by atoms with Crippen LogP contribution in [0.2, 0.25) is 0 Å². The van der Waals surface area contributed by atoms with Crippen molar-refractivity contribution >= 4 is 19.9 Å². The Morgan fingerprint density at radius 3 is 1.67 bits per heavy atom. The van der Waals surface area contributed by atoms with Crippen LogP contribution in [0.4, 0.5) is 11.6 Å². The van der Waals surface area contributed by atoms with E-state index in [9.17, 15) is 4.57 Å². The Labute approximate surface area is 139 Å². The average molecular weight is 354 g/mol. The molecular formula is C14H19N4O5P. The van der Waals surface area contributed by atoms with Gasteiger partial charge >= 0.3 is 8.25 Å². The Morgan fingerprint density at radius 2 is 1.29 bits per heavy atom. The summed E-state index contributed by atoms with van der Waals surface area (Å²) in [6.07, 6.45) is 0. The zero-order chi connectivity index (χ0) is 17.5. The largest absolute Gasteiger partial charge is 0.497 e. The van der Waals surface area contributed by atoms with Gasteiger partial charge < -0.3 is 30.0 Å². The van der Waals surface area contributed by atoms with E-state index < -0.39 is 8.25 Å². The monoisotopic (exact) mass is 354 g/mol. The number of pyridine rings is 2. The average Bonchev–Trinajstić information content (AvgIpc) is 2.57. The van der Waals surface area contributed by atoms with E-state index in [-0.39, 0.29) is 24.8 Å². The van der Waals surface area contributed by atoms with Crippen molar-refractivity contribution in [3.05, 3.63) is 35.7 Å². The number of hydrogen-bond donors (Lipinski definition) is 2. The molecule has 0 unspecified atom stereocenters. The Bertz CT molecular complexity index is 669. The van der Waals surface area contributed by atoms with Crippen molar-refractivity contribution in [3.63, 3.8) is 0 Å². The van der Waals surface area contributed by atoms with Crippen molar-refractivity contribution in [1.82, 2.24) is 9.97 Å². The summed E-state index contributed by atoms with van der Waals surface area (Å²) >= 11 is 0. The summed E-state index contributed by atoms with van der Waals surface area (Å²) in [6, 6.07) is 6.41. The Morgan fingerprint density at radius 1 is 0.875 bits per heavy atom.